The minimum absolute atomic E-state index is 0.151. The smallest absolute Gasteiger partial charge is 0.322 e. The fraction of sp³-hybridized carbons (Fsp3) is 0.625. The van der Waals surface area contributed by atoms with Crippen LogP contribution in [-0.4, -0.2) is 48.7 Å². The minimum atomic E-state index is -1.18. The van der Waals surface area contributed by atoms with Gasteiger partial charge in [-0.15, -0.1) is 0 Å². The molecular weight excluding hydrogens is 216 g/mol. The molecule has 0 aliphatic heterocycles. The Labute approximate surface area is 92.6 Å². The van der Waals surface area contributed by atoms with Crippen LogP contribution >= 0.6 is 0 Å². The molecule has 6 N–H and O–H groups in total. The van der Waals surface area contributed by atoms with E-state index in [2.05, 4.69) is 16.0 Å². The zero-order valence-corrected chi connectivity index (χ0v) is 8.95. The SMILES string of the molecule is CC(=O)NCCNC(=O)NC[C@H](N)C(=O)O. The van der Waals surface area contributed by atoms with Crippen molar-refractivity contribution in [1.29, 1.82) is 0 Å². The molecule has 16 heavy (non-hydrogen) atoms. The molecule has 0 heterocycles. The second kappa shape index (κ2) is 7.46. The third kappa shape index (κ3) is 7.56. The average molecular weight is 232 g/mol. The van der Waals surface area contributed by atoms with E-state index in [1.54, 1.807) is 0 Å². The molecule has 0 bridgehead atoms. The molecule has 8 nitrogen and oxygen atoms in total. The highest BCUT2D eigenvalue weighted by atomic mass is 16.4. The van der Waals surface area contributed by atoms with Gasteiger partial charge in [0.1, 0.15) is 6.04 Å². The van der Waals surface area contributed by atoms with Gasteiger partial charge in [-0.25, -0.2) is 4.79 Å². The molecule has 0 saturated carbocycles. The van der Waals surface area contributed by atoms with Gasteiger partial charge in [0.2, 0.25) is 5.91 Å². The Morgan fingerprint density at radius 2 is 1.75 bits per heavy atom. The first-order valence-corrected chi connectivity index (χ1v) is 4.68. The molecule has 1 atom stereocenters. The summed E-state index contributed by atoms with van der Waals surface area (Å²) in [6.07, 6.45) is 0. The van der Waals surface area contributed by atoms with Gasteiger partial charge in [-0.2, -0.15) is 0 Å². The maximum absolute atomic E-state index is 11.0. The molecular formula is C8H16N4O4. The molecule has 8 heteroatoms. The van der Waals surface area contributed by atoms with E-state index in [9.17, 15) is 14.4 Å². The number of hydrogen-bond donors (Lipinski definition) is 5. The van der Waals surface area contributed by atoms with E-state index in [4.69, 9.17) is 10.8 Å². The van der Waals surface area contributed by atoms with E-state index in [1.807, 2.05) is 0 Å². The largest absolute Gasteiger partial charge is 0.480 e. The van der Waals surface area contributed by atoms with E-state index in [0.29, 0.717) is 6.54 Å². The van der Waals surface area contributed by atoms with Gasteiger partial charge in [-0.05, 0) is 0 Å². The van der Waals surface area contributed by atoms with Crippen LogP contribution in [0.3, 0.4) is 0 Å². The number of carboxylic acid groups (broad SMARTS) is 1. The van der Waals surface area contributed by atoms with Crippen molar-refractivity contribution in [2.45, 2.75) is 13.0 Å². The van der Waals surface area contributed by atoms with E-state index >= 15 is 0 Å². The molecule has 92 valence electrons. The molecule has 3 amide bonds. The van der Waals surface area contributed by atoms with Crippen molar-refractivity contribution in [2.75, 3.05) is 19.6 Å². The molecule has 0 aromatic carbocycles. The van der Waals surface area contributed by atoms with Crippen LogP contribution < -0.4 is 21.7 Å². The molecule has 0 aliphatic rings. The maximum atomic E-state index is 11.0. The summed E-state index contributed by atoms with van der Waals surface area (Å²) >= 11 is 0. The Morgan fingerprint density at radius 3 is 2.25 bits per heavy atom. The number of amides is 3. The first kappa shape index (κ1) is 14.2. The van der Waals surface area contributed by atoms with Gasteiger partial charge in [-0.1, -0.05) is 0 Å². The van der Waals surface area contributed by atoms with Crippen LogP contribution in [-0.2, 0) is 9.59 Å². The Balaban J connectivity index is 3.52. The second-order valence-electron chi connectivity index (χ2n) is 3.06. The van der Waals surface area contributed by atoms with Crippen LogP contribution in [0, 0.1) is 0 Å². The summed E-state index contributed by atoms with van der Waals surface area (Å²) in [7, 11) is 0. The van der Waals surface area contributed by atoms with Crippen LogP contribution in [0.5, 0.6) is 0 Å². The molecule has 0 radical (unpaired) electrons. The lowest BCUT2D eigenvalue weighted by Crippen LogP contribution is -2.47. The normalized spacial score (nSPS) is 11.4. The van der Waals surface area contributed by atoms with E-state index < -0.39 is 18.0 Å². The second-order valence-corrected chi connectivity index (χ2v) is 3.06. The Bertz CT molecular complexity index is 269. The number of nitrogens with two attached hydrogens (primary N) is 1. The highest BCUT2D eigenvalue weighted by Crippen LogP contribution is 1.75. The van der Waals surface area contributed by atoms with E-state index in [-0.39, 0.29) is 19.0 Å². The van der Waals surface area contributed by atoms with Gasteiger partial charge in [0.15, 0.2) is 0 Å². The van der Waals surface area contributed by atoms with Gasteiger partial charge in [0.25, 0.3) is 0 Å². The quantitative estimate of drug-likeness (QED) is 0.332. The summed E-state index contributed by atoms with van der Waals surface area (Å²) < 4.78 is 0. The minimum Gasteiger partial charge on any atom is -0.480 e. The third-order valence-electron chi connectivity index (χ3n) is 1.58. The third-order valence-corrected chi connectivity index (χ3v) is 1.58. The number of urea groups is 1. The molecule has 0 aromatic rings. The molecule has 0 spiro atoms. The van der Waals surface area contributed by atoms with Crippen LogP contribution in [0.2, 0.25) is 0 Å². The number of carboxylic acids is 1. The summed E-state index contributed by atoms with van der Waals surface area (Å²) in [4.78, 5) is 31.8. The zero-order chi connectivity index (χ0) is 12.6. The van der Waals surface area contributed by atoms with Crippen molar-refractivity contribution in [1.82, 2.24) is 16.0 Å². The summed E-state index contributed by atoms with van der Waals surface area (Å²) in [5.41, 5.74) is 5.16. The first-order chi connectivity index (χ1) is 7.43. The summed E-state index contributed by atoms with van der Waals surface area (Å²) in [5.74, 6) is -1.37. The fourth-order valence-electron chi connectivity index (χ4n) is 0.767. The van der Waals surface area contributed by atoms with Crippen molar-refractivity contribution in [3.63, 3.8) is 0 Å². The van der Waals surface area contributed by atoms with Gasteiger partial charge in [0, 0.05) is 26.6 Å². The lowest BCUT2D eigenvalue weighted by molar-refractivity contribution is -0.138. The number of hydrogen-bond acceptors (Lipinski definition) is 4. The predicted molar refractivity (Wildman–Crippen MR) is 55.7 cm³/mol. The number of carbonyl (C=O) groups is 3. The molecule has 0 rings (SSSR count). The van der Waals surface area contributed by atoms with Crippen molar-refractivity contribution >= 4 is 17.9 Å². The number of aliphatic carboxylic acids is 1. The highest BCUT2D eigenvalue weighted by Gasteiger charge is 2.11. The molecule has 0 fully saturated rings. The topological polar surface area (TPSA) is 134 Å². The average Bonchev–Trinajstić information content (AvgIpc) is 2.20. The molecule has 0 unspecified atom stereocenters. The molecule has 0 saturated heterocycles. The Morgan fingerprint density at radius 1 is 1.19 bits per heavy atom. The van der Waals surface area contributed by atoms with Crippen LogP contribution in [0.1, 0.15) is 6.92 Å². The van der Waals surface area contributed by atoms with Crippen molar-refractivity contribution < 1.29 is 19.5 Å². The molecule has 0 aliphatic carbocycles. The predicted octanol–water partition coefficient (Wildman–Crippen LogP) is -2.17. The molecule has 0 aromatic heterocycles. The monoisotopic (exact) mass is 232 g/mol. The van der Waals surface area contributed by atoms with Crippen molar-refractivity contribution in [2.24, 2.45) is 5.73 Å². The van der Waals surface area contributed by atoms with Gasteiger partial charge in [0.05, 0.1) is 0 Å². The number of nitrogens with one attached hydrogen (secondary N) is 3. The Kier molecular flexibility index (Phi) is 6.61. The standard InChI is InChI=1S/C8H16N4O4/c1-5(13)10-2-3-11-8(16)12-4-6(9)7(14)15/h6H,2-4,9H2,1H3,(H,10,13)(H,14,15)(H2,11,12,16)/t6-/m0/s1. The van der Waals surface area contributed by atoms with E-state index in [0.717, 1.165) is 0 Å². The van der Waals surface area contributed by atoms with Crippen molar-refractivity contribution in [3.05, 3.63) is 0 Å². The van der Waals surface area contributed by atoms with E-state index in [1.165, 1.54) is 6.92 Å². The van der Waals surface area contributed by atoms with Gasteiger partial charge < -0.3 is 26.8 Å². The lowest BCUT2D eigenvalue weighted by Gasteiger charge is -2.09. The lowest BCUT2D eigenvalue weighted by atomic mass is 10.3. The number of carbonyl (C=O) groups excluding carboxylic acids is 2. The van der Waals surface area contributed by atoms with Crippen LogP contribution in [0.4, 0.5) is 4.79 Å². The first-order valence-electron chi connectivity index (χ1n) is 4.68. The summed E-state index contributed by atoms with van der Waals surface area (Å²) in [5, 5.41) is 15.6. The summed E-state index contributed by atoms with van der Waals surface area (Å²) in [6, 6.07) is -1.65. The Hall–Kier alpha value is -1.83. The van der Waals surface area contributed by atoms with Gasteiger partial charge in [-0.3, -0.25) is 9.59 Å². The maximum Gasteiger partial charge on any atom is 0.322 e. The number of rotatable bonds is 6. The zero-order valence-electron chi connectivity index (χ0n) is 8.95. The summed E-state index contributed by atoms with van der Waals surface area (Å²) in [6.45, 7) is 1.79. The van der Waals surface area contributed by atoms with Crippen LogP contribution in [0.15, 0.2) is 0 Å². The van der Waals surface area contributed by atoms with Crippen molar-refractivity contribution in [3.8, 4) is 0 Å². The highest BCUT2D eigenvalue weighted by molar-refractivity contribution is 5.77. The fourth-order valence-corrected chi connectivity index (χ4v) is 0.767. The van der Waals surface area contributed by atoms with Crippen LogP contribution in [0.25, 0.3) is 0 Å². The van der Waals surface area contributed by atoms with Gasteiger partial charge >= 0.3 is 12.0 Å².